The Labute approximate surface area is 161 Å². The van der Waals surface area contributed by atoms with Gasteiger partial charge in [0.2, 0.25) is 5.91 Å². The van der Waals surface area contributed by atoms with E-state index in [-0.39, 0.29) is 29.5 Å². The molecule has 0 bridgehead atoms. The van der Waals surface area contributed by atoms with E-state index in [1.807, 2.05) is 6.92 Å². The van der Waals surface area contributed by atoms with Gasteiger partial charge in [0.05, 0.1) is 12.3 Å². The van der Waals surface area contributed by atoms with Crippen LogP contribution in [0.5, 0.6) is 5.75 Å². The summed E-state index contributed by atoms with van der Waals surface area (Å²) < 4.78 is 33.9. The molecule has 1 saturated heterocycles. The van der Waals surface area contributed by atoms with E-state index in [1.165, 1.54) is 18.4 Å². The minimum atomic E-state index is -2.87. The van der Waals surface area contributed by atoms with Crippen molar-refractivity contribution < 1.29 is 27.5 Å². The molecule has 1 atom stereocenters. The highest BCUT2D eigenvalue weighted by Crippen LogP contribution is 2.23. The van der Waals surface area contributed by atoms with E-state index in [9.17, 15) is 18.4 Å². The van der Waals surface area contributed by atoms with Crippen molar-refractivity contribution in [1.82, 2.24) is 10.2 Å². The van der Waals surface area contributed by atoms with Gasteiger partial charge in [-0.1, -0.05) is 12.1 Å². The highest BCUT2D eigenvalue weighted by atomic mass is 19.3. The maximum Gasteiger partial charge on any atom is 0.387 e. The number of alkyl halides is 2. The van der Waals surface area contributed by atoms with Gasteiger partial charge >= 0.3 is 6.61 Å². The molecule has 0 saturated carbocycles. The van der Waals surface area contributed by atoms with Crippen LogP contribution in [0.2, 0.25) is 0 Å². The molecule has 8 heteroatoms. The van der Waals surface area contributed by atoms with E-state index in [1.54, 1.807) is 29.2 Å². The first-order valence-corrected chi connectivity index (χ1v) is 9.12. The molecule has 1 aliphatic rings. The van der Waals surface area contributed by atoms with Crippen LogP contribution in [0.1, 0.15) is 41.9 Å². The van der Waals surface area contributed by atoms with E-state index in [0.29, 0.717) is 31.7 Å². The lowest BCUT2D eigenvalue weighted by Crippen LogP contribution is -2.43. The summed E-state index contributed by atoms with van der Waals surface area (Å²) in [6, 6.07) is 9.21. The number of carbonyl (C=O) groups is 2. The second-order valence-electron chi connectivity index (χ2n) is 6.72. The molecule has 1 aromatic heterocycles. The van der Waals surface area contributed by atoms with Crippen molar-refractivity contribution in [3.05, 3.63) is 54.0 Å². The van der Waals surface area contributed by atoms with Crippen molar-refractivity contribution in [2.45, 2.75) is 32.4 Å². The number of hydrogen-bond acceptors (Lipinski definition) is 4. The topological polar surface area (TPSA) is 71.8 Å². The number of hydrogen-bond donors (Lipinski definition) is 1. The van der Waals surface area contributed by atoms with Crippen molar-refractivity contribution in [2.24, 2.45) is 5.92 Å². The second-order valence-corrected chi connectivity index (χ2v) is 6.72. The predicted molar refractivity (Wildman–Crippen MR) is 97.0 cm³/mol. The largest absolute Gasteiger partial charge is 0.459 e. The zero-order valence-electron chi connectivity index (χ0n) is 15.4. The Morgan fingerprint density at radius 1 is 1.18 bits per heavy atom. The molecule has 0 radical (unpaired) electrons. The van der Waals surface area contributed by atoms with Crippen molar-refractivity contribution in [1.29, 1.82) is 0 Å². The number of carbonyl (C=O) groups excluding carboxylic acids is 2. The Hall–Kier alpha value is -2.90. The van der Waals surface area contributed by atoms with Crippen LogP contribution in [0.3, 0.4) is 0 Å². The molecule has 1 N–H and O–H groups in total. The quantitative estimate of drug-likeness (QED) is 0.815. The molecule has 1 unspecified atom stereocenters. The van der Waals surface area contributed by atoms with Gasteiger partial charge in [-0.25, -0.2) is 0 Å². The molecule has 2 heterocycles. The first-order chi connectivity index (χ1) is 13.4. The van der Waals surface area contributed by atoms with Crippen molar-refractivity contribution in [2.75, 3.05) is 13.1 Å². The first kappa shape index (κ1) is 19.9. The first-order valence-electron chi connectivity index (χ1n) is 9.12. The van der Waals surface area contributed by atoms with Gasteiger partial charge in [0.15, 0.2) is 5.76 Å². The fraction of sp³-hybridized carbons (Fsp3) is 0.400. The van der Waals surface area contributed by atoms with Crippen LogP contribution in [0.4, 0.5) is 8.78 Å². The maximum atomic E-state index is 12.5. The summed E-state index contributed by atoms with van der Waals surface area (Å²) in [6.45, 7) is -0.0539. The maximum absolute atomic E-state index is 12.5. The lowest BCUT2D eigenvalue weighted by Gasteiger charge is -2.31. The highest BCUT2D eigenvalue weighted by molar-refractivity contribution is 5.91. The number of nitrogens with one attached hydrogen (secondary N) is 1. The summed E-state index contributed by atoms with van der Waals surface area (Å²) in [5, 5.41) is 2.95. The fourth-order valence-corrected chi connectivity index (χ4v) is 3.25. The highest BCUT2D eigenvalue weighted by Gasteiger charge is 2.29. The Morgan fingerprint density at radius 3 is 2.43 bits per heavy atom. The van der Waals surface area contributed by atoms with Gasteiger partial charge in [-0.05, 0) is 49.6 Å². The van der Waals surface area contributed by atoms with Crippen LogP contribution in [0, 0.1) is 5.92 Å². The van der Waals surface area contributed by atoms with E-state index in [2.05, 4.69) is 10.1 Å². The minimum absolute atomic E-state index is 0.0749. The third kappa shape index (κ3) is 4.88. The number of ether oxygens (including phenoxy) is 1. The molecule has 0 spiro atoms. The normalized spacial score (nSPS) is 16.1. The van der Waals surface area contributed by atoms with Crippen molar-refractivity contribution in [3.8, 4) is 5.75 Å². The van der Waals surface area contributed by atoms with Crippen LogP contribution in [0.25, 0.3) is 0 Å². The standard InChI is InChI=1S/C20H22F2N2O4/c1-13(14-4-6-16(7-5-14)28-20(21)22)23-18(25)15-8-10-24(11-9-15)19(26)17-3-2-12-27-17/h2-7,12-13,15,20H,8-11H2,1H3,(H,23,25). The zero-order chi connectivity index (χ0) is 20.1. The molecule has 1 fully saturated rings. The summed E-state index contributed by atoms with van der Waals surface area (Å²) in [6.07, 6.45) is 2.61. The summed E-state index contributed by atoms with van der Waals surface area (Å²) in [5.74, 6) is -0.0416. The zero-order valence-corrected chi connectivity index (χ0v) is 15.4. The summed E-state index contributed by atoms with van der Waals surface area (Å²) >= 11 is 0. The number of halogens is 2. The number of likely N-dealkylation sites (tertiary alicyclic amines) is 1. The molecule has 2 amide bonds. The third-order valence-corrected chi connectivity index (χ3v) is 4.85. The number of benzene rings is 1. The fourth-order valence-electron chi connectivity index (χ4n) is 3.25. The average Bonchev–Trinajstić information content (AvgIpc) is 3.22. The summed E-state index contributed by atoms with van der Waals surface area (Å²) in [4.78, 5) is 26.5. The van der Waals surface area contributed by atoms with Crippen LogP contribution in [-0.4, -0.2) is 36.4 Å². The van der Waals surface area contributed by atoms with Crippen LogP contribution in [0.15, 0.2) is 47.1 Å². The van der Waals surface area contributed by atoms with Gasteiger partial charge < -0.3 is 19.4 Å². The molecular weight excluding hydrogens is 370 g/mol. The van der Waals surface area contributed by atoms with Gasteiger partial charge in [0.1, 0.15) is 5.75 Å². The molecule has 2 aromatic rings. The molecule has 1 aliphatic heterocycles. The molecule has 150 valence electrons. The van der Waals surface area contributed by atoms with E-state index < -0.39 is 6.61 Å². The Balaban J connectivity index is 1.49. The van der Waals surface area contributed by atoms with Crippen LogP contribution < -0.4 is 10.1 Å². The molecule has 3 rings (SSSR count). The van der Waals surface area contributed by atoms with Gasteiger partial charge in [0, 0.05) is 19.0 Å². The van der Waals surface area contributed by atoms with Crippen LogP contribution >= 0.6 is 0 Å². The summed E-state index contributed by atoms with van der Waals surface area (Å²) in [5.41, 5.74) is 0.792. The number of furan rings is 1. The number of nitrogens with zero attached hydrogens (tertiary/aromatic N) is 1. The van der Waals surface area contributed by atoms with E-state index >= 15 is 0 Å². The Bertz CT molecular complexity index is 785. The van der Waals surface area contributed by atoms with Gasteiger partial charge in [-0.3, -0.25) is 9.59 Å². The van der Waals surface area contributed by atoms with E-state index in [4.69, 9.17) is 4.42 Å². The lowest BCUT2D eigenvalue weighted by atomic mass is 9.95. The number of rotatable bonds is 6. The van der Waals surface area contributed by atoms with Gasteiger partial charge in [-0.15, -0.1) is 0 Å². The second kappa shape index (κ2) is 8.86. The minimum Gasteiger partial charge on any atom is -0.459 e. The Kier molecular flexibility index (Phi) is 6.28. The van der Waals surface area contributed by atoms with Gasteiger partial charge in [-0.2, -0.15) is 8.78 Å². The Morgan fingerprint density at radius 2 is 1.86 bits per heavy atom. The SMILES string of the molecule is CC(NC(=O)C1CCN(C(=O)c2ccco2)CC1)c1ccc(OC(F)F)cc1. The summed E-state index contributed by atoms with van der Waals surface area (Å²) in [7, 11) is 0. The van der Waals surface area contributed by atoms with Crippen molar-refractivity contribution >= 4 is 11.8 Å². The number of piperidine rings is 1. The van der Waals surface area contributed by atoms with E-state index in [0.717, 1.165) is 5.56 Å². The monoisotopic (exact) mass is 392 g/mol. The lowest BCUT2D eigenvalue weighted by molar-refractivity contribution is -0.127. The molecule has 0 aliphatic carbocycles. The smallest absolute Gasteiger partial charge is 0.387 e. The molecule has 1 aromatic carbocycles. The van der Waals surface area contributed by atoms with Crippen LogP contribution in [-0.2, 0) is 4.79 Å². The third-order valence-electron chi connectivity index (χ3n) is 4.85. The molecule has 28 heavy (non-hydrogen) atoms. The van der Waals surface area contributed by atoms with Gasteiger partial charge in [0.25, 0.3) is 5.91 Å². The predicted octanol–water partition coefficient (Wildman–Crippen LogP) is 3.61. The number of amides is 2. The molecule has 6 nitrogen and oxygen atoms in total. The average molecular weight is 392 g/mol. The van der Waals surface area contributed by atoms with Crippen molar-refractivity contribution in [3.63, 3.8) is 0 Å². The molecular formula is C20H22F2N2O4.